The summed E-state index contributed by atoms with van der Waals surface area (Å²) in [4.78, 5) is 4.68. The summed E-state index contributed by atoms with van der Waals surface area (Å²) in [5.41, 5.74) is 3.83. The number of nitrogens with zero attached hydrogens (tertiary/aromatic N) is 2. The van der Waals surface area contributed by atoms with Gasteiger partial charge in [0.25, 0.3) is 0 Å². The van der Waals surface area contributed by atoms with Gasteiger partial charge in [-0.25, -0.2) is 0 Å². The monoisotopic (exact) mass is 224 g/mol. The largest absolute Gasteiger partial charge is 0.353 e. The fraction of sp³-hybridized carbons (Fsp3) is 0.200. The normalized spacial score (nSPS) is 18.4. The highest BCUT2D eigenvalue weighted by molar-refractivity contribution is 5.83. The molecular weight excluding hydrogens is 208 g/mol. The Balaban J connectivity index is 2.13. The summed E-state index contributed by atoms with van der Waals surface area (Å²) in [6.07, 6.45) is 0.356. The zero-order chi connectivity index (χ0) is 11.8. The second-order valence-corrected chi connectivity index (χ2v) is 4.44. The number of benzene rings is 2. The molecule has 2 nitrogen and oxygen atoms in total. The maximum Gasteiger partial charge on any atom is 0.103 e. The lowest BCUT2D eigenvalue weighted by molar-refractivity contribution is 0.734. The maximum atomic E-state index is 2.37. The third-order valence-electron chi connectivity index (χ3n) is 3.49. The Kier molecular flexibility index (Phi) is 2.29. The predicted molar refractivity (Wildman–Crippen MR) is 72.9 cm³/mol. The van der Waals surface area contributed by atoms with Gasteiger partial charge in [0.1, 0.15) is 6.17 Å². The van der Waals surface area contributed by atoms with E-state index in [1.165, 1.54) is 17.1 Å². The standard InChI is InChI=1S/C15H16N2/c1-12-16(2)14-10-6-7-11-15(14)17(12)13-8-4-3-5-9-13/h3-12H,1-2H3/t12-/m1/s1. The summed E-state index contributed by atoms with van der Waals surface area (Å²) in [6.45, 7) is 2.23. The van der Waals surface area contributed by atoms with E-state index in [9.17, 15) is 0 Å². The van der Waals surface area contributed by atoms with E-state index in [2.05, 4.69) is 78.4 Å². The first kappa shape index (κ1) is 10.2. The van der Waals surface area contributed by atoms with E-state index in [4.69, 9.17) is 0 Å². The van der Waals surface area contributed by atoms with Crippen LogP contribution >= 0.6 is 0 Å². The zero-order valence-corrected chi connectivity index (χ0v) is 10.2. The Morgan fingerprint density at radius 2 is 1.41 bits per heavy atom. The van der Waals surface area contributed by atoms with Crippen LogP contribution in [0.5, 0.6) is 0 Å². The average molecular weight is 224 g/mol. The van der Waals surface area contributed by atoms with Crippen LogP contribution in [0.15, 0.2) is 54.6 Å². The highest BCUT2D eigenvalue weighted by Crippen LogP contribution is 2.42. The van der Waals surface area contributed by atoms with Gasteiger partial charge in [0.15, 0.2) is 0 Å². The molecule has 86 valence electrons. The molecule has 0 spiro atoms. The van der Waals surface area contributed by atoms with E-state index >= 15 is 0 Å². The molecule has 1 aliphatic heterocycles. The summed E-state index contributed by atoms with van der Waals surface area (Å²) in [5.74, 6) is 0. The van der Waals surface area contributed by atoms with Crippen molar-refractivity contribution in [2.75, 3.05) is 16.8 Å². The Morgan fingerprint density at radius 1 is 0.824 bits per heavy atom. The number of rotatable bonds is 1. The Hall–Kier alpha value is -1.96. The second kappa shape index (κ2) is 3.81. The first-order valence-corrected chi connectivity index (χ1v) is 5.95. The van der Waals surface area contributed by atoms with Crippen molar-refractivity contribution in [1.29, 1.82) is 0 Å². The fourth-order valence-electron chi connectivity index (χ4n) is 2.49. The minimum absolute atomic E-state index is 0.356. The van der Waals surface area contributed by atoms with E-state index in [0.29, 0.717) is 6.17 Å². The van der Waals surface area contributed by atoms with E-state index in [0.717, 1.165) is 0 Å². The molecule has 0 amide bonds. The fourth-order valence-corrected chi connectivity index (χ4v) is 2.49. The number of anilines is 3. The smallest absolute Gasteiger partial charge is 0.103 e. The van der Waals surface area contributed by atoms with E-state index in [1.54, 1.807) is 0 Å². The van der Waals surface area contributed by atoms with Crippen molar-refractivity contribution in [2.45, 2.75) is 13.1 Å². The number of fused-ring (bicyclic) bond motifs is 1. The Bertz CT molecular complexity index is 521. The highest BCUT2D eigenvalue weighted by Gasteiger charge is 2.30. The lowest BCUT2D eigenvalue weighted by atomic mass is 10.2. The number of hydrogen-bond donors (Lipinski definition) is 0. The minimum Gasteiger partial charge on any atom is -0.353 e. The van der Waals surface area contributed by atoms with Crippen LogP contribution in [0.25, 0.3) is 0 Å². The maximum absolute atomic E-state index is 2.37. The van der Waals surface area contributed by atoms with E-state index in [-0.39, 0.29) is 0 Å². The SMILES string of the molecule is C[C@@H]1N(C)c2ccccc2N1c1ccccc1. The van der Waals surface area contributed by atoms with Crippen molar-refractivity contribution < 1.29 is 0 Å². The molecule has 17 heavy (non-hydrogen) atoms. The molecule has 0 fully saturated rings. The van der Waals surface area contributed by atoms with Crippen LogP contribution in [-0.2, 0) is 0 Å². The molecule has 0 aliphatic carbocycles. The van der Waals surface area contributed by atoms with Gasteiger partial charge in [-0.15, -0.1) is 0 Å². The van der Waals surface area contributed by atoms with Gasteiger partial charge in [-0.05, 0) is 31.2 Å². The molecule has 1 heterocycles. The van der Waals surface area contributed by atoms with Crippen molar-refractivity contribution in [3.05, 3.63) is 54.6 Å². The summed E-state index contributed by atoms with van der Waals surface area (Å²) >= 11 is 0. The Morgan fingerprint density at radius 3 is 2.12 bits per heavy atom. The molecule has 0 N–H and O–H groups in total. The van der Waals surface area contributed by atoms with E-state index in [1.807, 2.05) is 0 Å². The van der Waals surface area contributed by atoms with Gasteiger partial charge in [0, 0.05) is 12.7 Å². The first-order valence-electron chi connectivity index (χ1n) is 5.95. The lowest BCUT2D eigenvalue weighted by Gasteiger charge is -2.27. The highest BCUT2D eigenvalue weighted by atomic mass is 15.4. The molecule has 2 aromatic rings. The molecule has 2 aromatic carbocycles. The zero-order valence-electron chi connectivity index (χ0n) is 10.2. The third-order valence-corrected chi connectivity index (χ3v) is 3.49. The quantitative estimate of drug-likeness (QED) is 0.730. The molecule has 0 bridgehead atoms. The van der Waals surface area contributed by atoms with Gasteiger partial charge in [0.05, 0.1) is 11.4 Å². The van der Waals surface area contributed by atoms with Gasteiger partial charge >= 0.3 is 0 Å². The van der Waals surface area contributed by atoms with Crippen LogP contribution in [0, 0.1) is 0 Å². The van der Waals surface area contributed by atoms with Crippen LogP contribution in [-0.4, -0.2) is 13.2 Å². The third kappa shape index (κ3) is 1.48. The molecule has 0 saturated carbocycles. The van der Waals surface area contributed by atoms with Crippen LogP contribution in [0.1, 0.15) is 6.92 Å². The number of para-hydroxylation sites is 3. The van der Waals surface area contributed by atoms with Crippen molar-refractivity contribution in [2.24, 2.45) is 0 Å². The van der Waals surface area contributed by atoms with Crippen LogP contribution in [0.4, 0.5) is 17.1 Å². The lowest BCUT2D eigenvalue weighted by Crippen LogP contribution is -2.35. The summed E-state index contributed by atoms with van der Waals surface area (Å²) < 4.78 is 0. The Labute approximate surface area is 102 Å². The van der Waals surface area contributed by atoms with Crippen molar-refractivity contribution in [1.82, 2.24) is 0 Å². The summed E-state index contributed by atoms with van der Waals surface area (Å²) in [6, 6.07) is 19.1. The predicted octanol–water partition coefficient (Wildman–Crippen LogP) is 3.62. The summed E-state index contributed by atoms with van der Waals surface area (Å²) in [7, 11) is 2.15. The van der Waals surface area contributed by atoms with Crippen molar-refractivity contribution in [3.8, 4) is 0 Å². The van der Waals surface area contributed by atoms with Gasteiger partial charge in [-0.2, -0.15) is 0 Å². The van der Waals surface area contributed by atoms with Gasteiger partial charge < -0.3 is 9.80 Å². The van der Waals surface area contributed by atoms with E-state index < -0.39 is 0 Å². The topological polar surface area (TPSA) is 6.48 Å². The van der Waals surface area contributed by atoms with Crippen LogP contribution in [0.2, 0.25) is 0 Å². The van der Waals surface area contributed by atoms with Crippen molar-refractivity contribution in [3.63, 3.8) is 0 Å². The van der Waals surface area contributed by atoms with Gasteiger partial charge in [-0.3, -0.25) is 0 Å². The number of hydrogen-bond acceptors (Lipinski definition) is 2. The van der Waals surface area contributed by atoms with Crippen LogP contribution < -0.4 is 9.80 Å². The molecule has 3 rings (SSSR count). The van der Waals surface area contributed by atoms with Gasteiger partial charge in [-0.1, -0.05) is 30.3 Å². The van der Waals surface area contributed by atoms with Gasteiger partial charge in [0.2, 0.25) is 0 Å². The molecule has 0 saturated heterocycles. The van der Waals surface area contributed by atoms with Crippen LogP contribution in [0.3, 0.4) is 0 Å². The summed E-state index contributed by atoms with van der Waals surface area (Å²) in [5, 5.41) is 0. The first-order chi connectivity index (χ1) is 8.29. The molecule has 1 atom stereocenters. The second-order valence-electron chi connectivity index (χ2n) is 4.44. The molecular formula is C15H16N2. The molecule has 0 unspecified atom stereocenters. The molecule has 0 aromatic heterocycles. The average Bonchev–Trinajstić information content (AvgIpc) is 2.64. The molecule has 0 radical (unpaired) electrons. The van der Waals surface area contributed by atoms with Crippen molar-refractivity contribution >= 4 is 17.1 Å². The molecule has 2 heteroatoms. The molecule has 1 aliphatic rings. The minimum atomic E-state index is 0.356.